The van der Waals surface area contributed by atoms with E-state index in [9.17, 15) is 27.6 Å². The molecule has 22 heteroatoms. The topological polar surface area (TPSA) is 235 Å². The van der Waals surface area contributed by atoms with E-state index in [4.69, 9.17) is 33.3 Å². The lowest BCUT2D eigenvalue weighted by Crippen LogP contribution is -2.24. The summed E-state index contributed by atoms with van der Waals surface area (Å²) in [6, 6.07) is 38.7. The van der Waals surface area contributed by atoms with Gasteiger partial charge in [0.15, 0.2) is 0 Å². The van der Waals surface area contributed by atoms with Crippen molar-refractivity contribution >= 4 is 73.7 Å². The number of halogens is 5. The highest BCUT2D eigenvalue weighted by Crippen LogP contribution is 2.32. The Bertz CT molecular complexity index is 4230. The predicted octanol–water partition coefficient (Wildman–Crippen LogP) is 12.3. The van der Waals surface area contributed by atoms with Crippen LogP contribution in [0.15, 0.2) is 177 Å². The lowest BCUT2D eigenvalue weighted by Gasteiger charge is -2.12. The first-order valence-electron chi connectivity index (χ1n) is 25.7. The number of carboxylic acids is 1. The van der Waals surface area contributed by atoms with Gasteiger partial charge in [-0.2, -0.15) is 10.2 Å². The minimum absolute atomic E-state index is 0.141. The van der Waals surface area contributed by atoms with Crippen molar-refractivity contribution in [2.24, 2.45) is 0 Å². The highest BCUT2D eigenvalue weighted by atomic mass is 35.5. The summed E-state index contributed by atoms with van der Waals surface area (Å²) in [6.45, 7) is 1.03. The summed E-state index contributed by atoms with van der Waals surface area (Å²) in [5.74, 6) is -0.765. The largest absolute Gasteiger partial charge is 0.478 e. The average molecular weight is 1150 g/mol. The van der Waals surface area contributed by atoms with Gasteiger partial charge in [0, 0.05) is 82.3 Å². The first-order valence-corrected chi connectivity index (χ1v) is 26.5. The van der Waals surface area contributed by atoms with Gasteiger partial charge in [-0.3, -0.25) is 19.8 Å². The summed E-state index contributed by atoms with van der Waals surface area (Å²) in [6.07, 6.45) is 11.1. The number of carboxylic acid groups (broad SMARTS) is 1. The summed E-state index contributed by atoms with van der Waals surface area (Å²) < 4.78 is 41.5. The number of hydrogen-bond acceptors (Lipinski definition) is 11. The van der Waals surface area contributed by atoms with E-state index in [-0.39, 0.29) is 34.8 Å². The maximum absolute atomic E-state index is 13.4. The standard InChI is InChI=1S/C24H20FN7O.C21H17ClFN5O.C16H9ClFNO2/c25-18-6-3-16(4-7-18)20-13-22(32-11-10-26-15-32)19-8-5-17(12-21(19)30-20)24(33)27-9-1-2-23-28-14-29-31-23;22-17-11-18(13-3-6-15(23)7-4-13)27-19-10-14(5-8-16(17)19)21(29)24-9-1-2-20-25-12-26-28-20;17-13-8-14(9-1-4-11(18)5-2-9)19-15-7-10(16(20)21)3-6-12(13)15/h3-8,10-15H,1-2,9H2,(H,27,33)(H,28,29,31);3-8,10-12H,1-2,9H2,(H,24,29)(H,25,26,28);1-8H,(H,20,21). The van der Waals surface area contributed by atoms with Crippen LogP contribution in [0.1, 0.15) is 55.6 Å². The summed E-state index contributed by atoms with van der Waals surface area (Å²) in [7, 11) is 0. The van der Waals surface area contributed by atoms with Gasteiger partial charge in [0.25, 0.3) is 11.8 Å². The van der Waals surface area contributed by atoms with E-state index in [0.717, 1.165) is 52.1 Å². The minimum atomic E-state index is -1.03. The molecule has 0 atom stereocenters. The van der Waals surface area contributed by atoms with Crippen molar-refractivity contribution in [3.05, 3.63) is 233 Å². The molecule has 12 aromatic rings. The van der Waals surface area contributed by atoms with Crippen molar-refractivity contribution in [3.8, 4) is 39.5 Å². The fourth-order valence-corrected chi connectivity index (χ4v) is 9.27. The quantitative estimate of drug-likeness (QED) is 0.0603. The Labute approximate surface area is 480 Å². The summed E-state index contributed by atoms with van der Waals surface area (Å²) >= 11 is 12.6. The molecule has 5 N–H and O–H groups in total. The van der Waals surface area contributed by atoms with Crippen molar-refractivity contribution in [3.63, 3.8) is 0 Å². The number of nitrogens with zero attached hydrogens (tertiary/aromatic N) is 9. The van der Waals surface area contributed by atoms with Gasteiger partial charge in [0.2, 0.25) is 0 Å². The normalized spacial score (nSPS) is 11.0. The molecule has 2 amide bonds. The summed E-state index contributed by atoms with van der Waals surface area (Å²) in [5.41, 5.74) is 7.87. The second kappa shape index (κ2) is 25.9. The summed E-state index contributed by atoms with van der Waals surface area (Å²) in [5, 5.41) is 31.3. The second-order valence-corrected chi connectivity index (χ2v) is 19.4. The van der Waals surface area contributed by atoms with Gasteiger partial charge in [0.1, 0.15) is 41.8 Å². The van der Waals surface area contributed by atoms with Crippen molar-refractivity contribution in [2.45, 2.75) is 25.7 Å². The van der Waals surface area contributed by atoms with Gasteiger partial charge in [-0.05, 0) is 146 Å². The SMILES string of the molecule is O=C(NCCCc1ncn[nH]1)c1ccc2c(-n3ccnc3)cc(-c3ccc(F)cc3)nc2c1.O=C(NCCCc1ncn[nH]1)c1ccc2c(Cl)cc(-c3ccc(F)cc3)nc2c1.O=C(O)c1ccc2c(Cl)cc(-c3ccc(F)cc3)nc2c1. The van der Waals surface area contributed by atoms with Crippen LogP contribution in [0.2, 0.25) is 10.0 Å². The molecule has 414 valence electrons. The van der Waals surface area contributed by atoms with E-state index in [2.05, 4.69) is 55.9 Å². The Kier molecular flexibility index (Phi) is 17.5. The van der Waals surface area contributed by atoms with Crippen LogP contribution in [-0.2, 0) is 12.8 Å². The lowest BCUT2D eigenvalue weighted by atomic mass is 10.1. The van der Waals surface area contributed by atoms with Gasteiger partial charge in [0.05, 0.1) is 61.3 Å². The maximum atomic E-state index is 13.4. The molecular formula is C61H46Cl2F3N13O4. The molecule has 0 aliphatic heterocycles. The number of aromatic carboxylic acids is 1. The first-order chi connectivity index (χ1) is 40.3. The third-order valence-electron chi connectivity index (χ3n) is 13.0. The maximum Gasteiger partial charge on any atom is 0.335 e. The first kappa shape index (κ1) is 56.1. The van der Waals surface area contributed by atoms with Crippen LogP contribution in [0.4, 0.5) is 13.2 Å². The number of rotatable bonds is 15. The lowest BCUT2D eigenvalue weighted by molar-refractivity contribution is 0.0696. The third-order valence-corrected chi connectivity index (χ3v) is 13.6. The number of aromatic nitrogens is 11. The van der Waals surface area contributed by atoms with Gasteiger partial charge in [-0.1, -0.05) is 35.3 Å². The van der Waals surface area contributed by atoms with Crippen molar-refractivity contribution in [1.29, 1.82) is 0 Å². The van der Waals surface area contributed by atoms with Crippen LogP contribution >= 0.6 is 23.2 Å². The van der Waals surface area contributed by atoms with Crippen LogP contribution < -0.4 is 10.6 Å². The number of aromatic amines is 2. The van der Waals surface area contributed by atoms with Crippen LogP contribution in [0, 0.1) is 17.5 Å². The minimum Gasteiger partial charge on any atom is -0.478 e. The molecule has 0 radical (unpaired) electrons. The van der Waals surface area contributed by atoms with Gasteiger partial charge in [-0.15, -0.1) is 0 Å². The molecule has 0 saturated heterocycles. The van der Waals surface area contributed by atoms with Gasteiger partial charge < -0.3 is 20.3 Å². The molecule has 0 unspecified atom stereocenters. The van der Waals surface area contributed by atoms with E-state index in [1.807, 2.05) is 22.9 Å². The number of aryl methyl sites for hydroxylation is 2. The van der Waals surface area contributed by atoms with Crippen LogP contribution in [0.5, 0.6) is 0 Å². The number of H-pyrrole nitrogens is 2. The van der Waals surface area contributed by atoms with Crippen molar-refractivity contribution in [1.82, 2.24) is 65.5 Å². The Morgan fingerprint density at radius 2 is 0.928 bits per heavy atom. The second-order valence-electron chi connectivity index (χ2n) is 18.6. The molecule has 12 rings (SSSR count). The van der Waals surface area contributed by atoms with Crippen LogP contribution in [-0.4, -0.2) is 90.8 Å². The van der Waals surface area contributed by atoms with Crippen LogP contribution in [0.25, 0.3) is 72.2 Å². The number of nitrogens with one attached hydrogen (secondary N) is 4. The van der Waals surface area contributed by atoms with E-state index in [0.29, 0.717) is 91.7 Å². The predicted molar refractivity (Wildman–Crippen MR) is 310 cm³/mol. The number of benzene rings is 6. The Morgan fingerprint density at radius 3 is 1.34 bits per heavy atom. The van der Waals surface area contributed by atoms with E-state index < -0.39 is 5.97 Å². The fraction of sp³-hybridized carbons (Fsp3) is 0.0984. The fourth-order valence-electron chi connectivity index (χ4n) is 8.74. The van der Waals surface area contributed by atoms with E-state index >= 15 is 0 Å². The molecule has 0 aliphatic carbocycles. The number of carbonyl (C=O) groups is 3. The molecule has 0 aliphatic rings. The zero-order valence-corrected chi connectivity index (χ0v) is 45.1. The zero-order chi connectivity index (χ0) is 57.8. The number of fused-ring (bicyclic) bond motifs is 3. The molecule has 0 saturated carbocycles. The highest BCUT2D eigenvalue weighted by Gasteiger charge is 2.16. The average Bonchev–Trinajstić information content (AvgIpc) is 4.48. The molecule has 0 bridgehead atoms. The van der Waals surface area contributed by atoms with Gasteiger partial charge in [-0.25, -0.2) is 47.9 Å². The van der Waals surface area contributed by atoms with E-state index in [1.165, 1.54) is 61.2 Å². The van der Waals surface area contributed by atoms with E-state index in [1.54, 1.807) is 97.5 Å². The molecular weight excluding hydrogens is 1110 g/mol. The summed E-state index contributed by atoms with van der Waals surface area (Å²) in [4.78, 5) is 62.3. The number of imidazole rings is 1. The molecule has 0 spiro atoms. The Balaban J connectivity index is 0.000000142. The number of carbonyl (C=O) groups excluding carboxylic acids is 2. The zero-order valence-electron chi connectivity index (χ0n) is 43.6. The van der Waals surface area contributed by atoms with Crippen molar-refractivity contribution < 1.29 is 32.7 Å². The monoisotopic (exact) mass is 1150 g/mol. The van der Waals surface area contributed by atoms with Crippen molar-refractivity contribution in [2.75, 3.05) is 13.1 Å². The number of pyridine rings is 3. The highest BCUT2D eigenvalue weighted by molar-refractivity contribution is 6.36. The number of amides is 2. The molecule has 0 fully saturated rings. The Morgan fingerprint density at radius 1 is 0.518 bits per heavy atom. The number of hydrogen-bond donors (Lipinski definition) is 5. The third kappa shape index (κ3) is 14.1. The van der Waals surface area contributed by atoms with Gasteiger partial charge >= 0.3 is 5.97 Å². The smallest absolute Gasteiger partial charge is 0.335 e. The molecule has 6 aromatic heterocycles. The van der Waals surface area contributed by atoms with Crippen LogP contribution in [0.3, 0.4) is 0 Å². The molecule has 6 aromatic carbocycles. The Hall–Kier alpha value is -10.2. The molecule has 17 nitrogen and oxygen atoms in total. The molecule has 6 heterocycles. The molecule has 83 heavy (non-hydrogen) atoms.